The summed E-state index contributed by atoms with van der Waals surface area (Å²) in [6.45, 7) is 1.43. The third-order valence-electron chi connectivity index (χ3n) is 3.44. The van der Waals surface area contributed by atoms with Gasteiger partial charge < -0.3 is 9.84 Å². The second-order valence-electron chi connectivity index (χ2n) is 4.87. The smallest absolute Gasteiger partial charge is 0.435 e. The lowest BCUT2D eigenvalue weighted by molar-refractivity contribution is -0.146. The molecule has 1 aromatic rings. The fraction of sp³-hybridized carbons (Fsp3) is 0.750. The van der Waals surface area contributed by atoms with Gasteiger partial charge in [-0.2, -0.15) is 13.2 Å². The van der Waals surface area contributed by atoms with E-state index in [1.807, 2.05) is 0 Å². The Kier molecular flexibility index (Phi) is 4.50. The topological polar surface area (TPSA) is 77.2 Å². The molecule has 0 aliphatic heterocycles. The molecule has 1 aromatic heterocycles. The van der Waals surface area contributed by atoms with Crippen LogP contribution in [0.3, 0.4) is 0 Å². The number of ether oxygens (including phenoxy) is 1. The summed E-state index contributed by atoms with van der Waals surface area (Å²) >= 11 is 0. The van der Waals surface area contributed by atoms with Gasteiger partial charge in [0.05, 0.1) is 18.8 Å². The Bertz CT molecular complexity index is 516. The number of nitrogens with zero attached hydrogens (tertiary/aromatic N) is 3. The van der Waals surface area contributed by atoms with E-state index in [0.717, 1.165) is 6.42 Å². The van der Waals surface area contributed by atoms with Crippen molar-refractivity contribution in [3.8, 4) is 0 Å². The first-order chi connectivity index (χ1) is 9.86. The van der Waals surface area contributed by atoms with Crippen LogP contribution in [-0.2, 0) is 10.9 Å². The largest absolute Gasteiger partial charge is 0.461 e. The number of carbonyl (C=O) groups is 1. The molecule has 1 saturated carbocycles. The van der Waals surface area contributed by atoms with E-state index in [-0.39, 0.29) is 6.61 Å². The summed E-state index contributed by atoms with van der Waals surface area (Å²) in [5, 5.41) is 16.7. The Hall–Kier alpha value is -1.64. The first-order valence-electron chi connectivity index (χ1n) is 6.73. The number of esters is 1. The lowest BCUT2D eigenvalue weighted by Crippen LogP contribution is -2.32. The fourth-order valence-corrected chi connectivity index (χ4v) is 2.50. The van der Waals surface area contributed by atoms with Crippen LogP contribution in [0.15, 0.2) is 0 Å². The third-order valence-corrected chi connectivity index (χ3v) is 3.44. The molecule has 2 atom stereocenters. The zero-order valence-corrected chi connectivity index (χ0v) is 11.4. The molecule has 0 saturated heterocycles. The molecule has 1 heterocycles. The van der Waals surface area contributed by atoms with Gasteiger partial charge in [-0.3, -0.25) is 0 Å². The van der Waals surface area contributed by atoms with E-state index in [1.54, 1.807) is 0 Å². The summed E-state index contributed by atoms with van der Waals surface area (Å²) < 4.78 is 44.9. The summed E-state index contributed by atoms with van der Waals surface area (Å²) in [6.07, 6.45) is -3.54. The summed E-state index contributed by atoms with van der Waals surface area (Å²) in [6, 6.07) is -0.828. The van der Waals surface area contributed by atoms with E-state index in [0.29, 0.717) is 23.9 Å². The molecular formula is C12H16F3N3O3. The van der Waals surface area contributed by atoms with E-state index in [9.17, 15) is 23.1 Å². The highest BCUT2D eigenvalue weighted by molar-refractivity contribution is 5.88. The molecule has 21 heavy (non-hydrogen) atoms. The Morgan fingerprint density at radius 2 is 2.10 bits per heavy atom. The van der Waals surface area contributed by atoms with Crippen LogP contribution in [0.25, 0.3) is 0 Å². The molecule has 1 aliphatic carbocycles. The molecule has 0 spiro atoms. The van der Waals surface area contributed by atoms with Crippen LogP contribution in [-0.4, -0.2) is 38.8 Å². The molecule has 1 N–H and O–H groups in total. The van der Waals surface area contributed by atoms with Crippen molar-refractivity contribution in [3.05, 3.63) is 11.4 Å². The molecule has 0 bridgehead atoms. The van der Waals surface area contributed by atoms with Crippen LogP contribution < -0.4 is 0 Å². The second kappa shape index (κ2) is 6.00. The SMILES string of the molecule is CCOC(=O)c1nnn(C2CCCCC2O)c1C(F)(F)F. The highest BCUT2D eigenvalue weighted by atomic mass is 19.4. The number of carbonyl (C=O) groups excluding carboxylic acids is 1. The van der Waals surface area contributed by atoms with Crippen molar-refractivity contribution in [2.45, 2.75) is 50.9 Å². The number of hydrogen-bond acceptors (Lipinski definition) is 5. The quantitative estimate of drug-likeness (QED) is 0.864. The molecular weight excluding hydrogens is 291 g/mol. The number of aliphatic hydroxyl groups is 1. The Balaban J connectivity index is 2.44. The van der Waals surface area contributed by atoms with Gasteiger partial charge in [0.2, 0.25) is 5.69 Å². The minimum absolute atomic E-state index is 0.0605. The van der Waals surface area contributed by atoms with Gasteiger partial charge in [-0.15, -0.1) is 5.10 Å². The van der Waals surface area contributed by atoms with Crippen molar-refractivity contribution < 1.29 is 27.8 Å². The standard InChI is InChI=1S/C12H16F3N3O3/c1-2-21-11(20)9-10(12(13,14)15)18(17-16-9)7-5-3-4-6-8(7)19/h7-8,19H,2-6H2,1H3. The monoisotopic (exact) mass is 307 g/mol. The Labute approximate surface area is 118 Å². The number of aliphatic hydroxyl groups excluding tert-OH is 1. The zero-order chi connectivity index (χ0) is 15.6. The number of alkyl halides is 3. The molecule has 9 heteroatoms. The van der Waals surface area contributed by atoms with E-state index in [2.05, 4.69) is 15.0 Å². The number of hydrogen-bond donors (Lipinski definition) is 1. The van der Waals surface area contributed by atoms with Crippen LogP contribution in [0.2, 0.25) is 0 Å². The molecule has 0 aromatic carbocycles. The van der Waals surface area contributed by atoms with Gasteiger partial charge in [-0.05, 0) is 19.8 Å². The van der Waals surface area contributed by atoms with Crippen molar-refractivity contribution in [1.82, 2.24) is 15.0 Å². The van der Waals surface area contributed by atoms with E-state index in [4.69, 9.17) is 0 Å². The van der Waals surface area contributed by atoms with Gasteiger partial charge in [-0.25, -0.2) is 9.48 Å². The predicted octanol–water partition coefficient (Wildman–Crippen LogP) is 1.95. The molecule has 1 fully saturated rings. The summed E-state index contributed by atoms with van der Waals surface area (Å²) in [4.78, 5) is 11.6. The number of halogens is 3. The van der Waals surface area contributed by atoms with Crippen molar-refractivity contribution in [3.63, 3.8) is 0 Å². The Morgan fingerprint density at radius 1 is 1.43 bits per heavy atom. The van der Waals surface area contributed by atoms with Crippen LogP contribution in [0.1, 0.15) is 54.8 Å². The lowest BCUT2D eigenvalue weighted by Gasteiger charge is -2.28. The predicted molar refractivity (Wildman–Crippen MR) is 64.5 cm³/mol. The van der Waals surface area contributed by atoms with Crippen LogP contribution in [0.5, 0.6) is 0 Å². The fourth-order valence-electron chi connectivity index (χ4n) is 2.50. The maximum atomic E-state index is 13.2. The summed E-state index contributed by atoms with van der Waals surface area (Å²) in [5.41, 5.74) is -2.12. The summed E-state index contributed by atoms with van der Waals surface area (Å²) in [7, 11) is 0. The highest BCUT2D eigenvalue weighted by Gasteiger charge is 2.44. The Morgan fingerprint density at radius 3 is 2.67 bits per heavy atom. The van der Waals surface area contributed by atoms with Crippen molar-refractivity contribution in [2.24, 2.45) is 0 Å². The van der Waals surface area contributed by atoms with E-state index >= 15 is 0 Å². The lowest BCUT2D eigenvalue weighted by atomic mass is 9.92. The van der Waals surface area contributed by atoms with Crippen molar-refractivity contribution in [2.75, 3.05) is 6.61 Å². The molecule has 6 nitrogen and oxygen atoms in total. The second-order valence-corrected chi connectivity index (χ2v) is 4.87. The maximum absolute atomic E-state index is 13.2. The van der Waals surface area contributed by atoms with Gasteiger partial charge >= 0.3 is 12.1 Å². The van der Waals surface area contributed by atoms with Crippen LogP contribution in [0, 0.1) is 0 Å². The minimum Gasteiger partial charge on any atom is -0.461 e. The van der Waals surface area contributed by atoms with Crippen molar-refractivity contribution >= 4 is 5.97 Å². The molecule has 0 radical (unpaired) electrons. The molecule has 118 valence electrons. The van der Waals surface area contributed by atoms with Gasteiger partial charge in [0, 0.05) is 0 Å². The molecule has 1 aliphatic rings. The molecule has 2 rings (SSSR count). The van der Waals surface area contributed by atoms with Gasteiger partial charge in [0.15, 0.2) is 5.69 Å². The van der Waals surface area contributed by atoms with E-state index < -0.39 is 35.7 Å². The maximum Gasteiger partial charge on any atom is 0.435 e. The normalized spacial score (nSPS) is 23.1. The summed E-state index contributed by atoms with van der Waals surface area (Å²) in [5.74, 6) is -1.17. The average Bonchev–Trinajstić information content (AvgIpc) is 2.84. The highest BCUT2D eigenvalue weighted by Crippen LogP contribution is 2.36. The number of aromatic nitrogens is 3. The van der Waals surface area contributed by atoms with Crippen LogP contribution in [0.4, 0.5) is 13.2 Å². The van der Waals surface area contributed by atoms with Crippen molar-refractivity contribution in [1.29, 1.82) is 0 Å². The molecule has 0 amide bonds. The first kappa shape index (κ1) is 15.7. The first-order valence-corrected chi connectivity index (χ1v) is 6.73. The van der Waals surface area contributed by atoms with Gasteiger partial charge in [0.25, 0.3) is 0 Å². The third kappa shape index (κ3) is 3.17. The number of rotatable bonds is 3. The minimum atomic E-state index is -4.80. The zero-order valence-electron chi connectivity index (χ0n) is 11.4. The van der Waals surface area contributed by atoms with Gasteiger partial charge in [-0.1, -0.05) is 18.1 Å². The molecule has 2 unspecified atom stereocenters. The van der Waals surface area contributed by atoms with Crippen LogP contribution >= 0.6 is 0 Å². The van der Waals surface area contributed by atoms with Gasteiger partial charge in [0.1, 0.15) is 0 Å². The average molecular weight is 307 g/mol. The van der Waals surface area contributed by atoms with E-state index in [1.165, 1.54) is 6.92 Å².